The summed E-state index contributed by atoms with van der Waals surface area (Å²) in [6.45, 7) is 4.10. The summed E-state index contributed by atoms with van der Waals surface area (Å²) in [7, 11) is 0. The van der Waals surface area contributed by atoms with Crippen molar-refractivity contribution in [3.05, 3.63) is 70.5 Å². The lowest BCUT2D eigenvalue weighted by Crippen LogP contribution is -2.30. The molecule has 2 rings (SSSR count). The molecule has 0 radical (unpaired) electrons. The second kappa shape index (κ2) is 5.29. The molecule has 3 heteroatoms. The highest BCUT2D eigenvalue weighted by atomic mass is 19.1. The molecule has 1 unspecified atom stereocenters. The van der Waals surface area contributed by atoms with Gasteiger partial charge in [-0.3, -0.25) is 5.84 Å². The quantitative estimate of drug-likeness (QED) is 0.643. The first-order chi connectivity index (χ1) is 8.63. The van der Waals surface area contributed by atoms with Crippen LogP contribution in [0.1, 0.15) is 28.3 Å². The Morgan fingerprint density at radius 2 is 1.56 bits per heavy atom. The Morgan fingerprint density at radius 3 is 2.06 bits per heavy atom. The zero-order valence-electron chi connectivity index (χ0n) is 10.6. The second-order valence-electron chi connectivity index (χ2n) is 4.46. The second-order valence-corrected chi connectivity index (χ2v) is 4.46. The van der Waals surface area contributed by atoms with Crippen molar-refractivity contribution in [2.45, 2.75) is 19.9 Å². The standard InChI is InChI=1S/C15H17FN2/c1-10-4-3-5-11(2)14(10)15(18-17)12-6-8-13(16)9-7-12/h3-9,15,18H,17H2,1-2H3. The predicted octanol–water partition coefficient (Wildman–Crippen LogP) is 3.00. The molecule has 0 aliphatic rings. The first kappa shape index (κ1) is 12.7. The molecule has 0 spiro atoms. The SMILES string of the molecule is Cc1cccc(C)c1C(NN)c1ccc(F)cc1. The Labute approximate surface area is 107 Å². The first-order valence-corrected chi connectivity index (χ1v) is 5.91. The van der Waals surface area contributed by atoms with Gasteiger partial charge in [0.1, 0.15) is 5.82 Å². The van der Waals surface area contributed by atoms with Gasteiger partial charge in [-0.05, 0) is 48.2 Å². The molecule has 18 heavy (non-hydrogen) atoms. The van der Waals surface area contributed by atoms with Gasteiger partial charge in [0.05, 0.1) is 6.04 Å². The van der Waals surface area contributed by atoms with Crippen LogP contribution in [0.25, 0.3) is 0 Å². The van der Waals surface area contributed by atoms with E-state index >= 15 is 0 Å². The first-order valence-electron chi connectivity index (χ1n) is 5.91. The fourth-order valence-corrected chi connectivity index (χ4v) is 2.28. The molecule has 2 aromatic carbocycles. The third-order valence-electron chi connectivity index (χ3n) is 3.20. The van der Waals surface area contributed by atoms with Crippen LogP contribution in [-0.2, 0) is 0 Å². The fourth-order valence-electron chi connectivity index (χ4n) is 2.28. The molecule has 0 amide bonds. The van der Waals surface area contributed by atoms with Crippen LogP contribution >= 0.6 is 0 Å². The zero-order valence-corrected chi connectivity index (χ0v) is 10.6. The van der Waals surface area contributed by atoms with E-state index in [1.54, 1.807) is 12.1 Å². The molecule has 2 nitrogen and oxygen atoms in total. The average molecular weight is 244 g/mol. The topological polar surface area (TPSA) is 38.0 Å². The number of benzene rings is 2. The highest BCUT2D eigenvalue weighted by molar-refractivity contribution is 5.41. The highest BCUT2D eigenvalue weighted by Gasteiger charge is 2.16. The number of rotatable bonds is 3. The minimum Gasteiger partial charge on any atom is -0.271 e. The van der Waals surface area contributed by atoms with Gasteiger partial charge in [0.2, 0.25) is 0 Å². The minimum absolute atomic E-state index is 0.119. The molecule has 0 saturated heterocycles. The molecule has 2 aromatic rings. The van der Waals surface area contributed by atoms with Crippen LogP contribution in [0.15, 0.2) is 42.5 Å². The van der Waals surface area contributed by atoms with E-state index in [2.05, 4.69) is 31.4 Å². The number of nitrogens with one attached hydrogen (secondary N) is 1. The summed E-state index contributed by atoms with van der Waals surface area (Å²) in [4.78, 5) is 0. The predicted molar refractivity (Wildman–Crippen MR) is 71.5 cm³/mol. The Bertz CT molecular complexity index is 514. The molecular formula is C15H17FN2. The summed E-state index contributed by atoms with van der Waals surface area (Å²) >= 11 is 0. The van der Waals surface area contributed by atoms with Crippen molar-refractivity contribution in [1.29, 1.82) is 0 Å². The fraction of sp³-hybridized carbons (Fsp3) is 0.200. The van der Waals surface area contributed by atoms with Crippen LogP contribution in [0.4, 0.5) is 4.39 Å². The summed E-state index contributed by atoms with van der Waals surface area (Å²) in [6.07, 6.45) is 0. The van der Waals surface area contributed by atoms with E-state index in [1.807, 2.05) is 6.07 Å². The molecule has 94 valence electrons. The van der Waals surface area contributed by atoms with E-state index < -0.39 is 0 Å². The average Bonchev–Trinajstić information content (AvgIpc) is 2.35. The summed E-state index contributed by atoms with van der Waals surface area (Å²) in [5.74, 6) is 5.43. The van der Waals surface area contributed by atoms with Crippen molar-refractivity contribution in [3.63, 3.8) is 0 Å². The number of aryl methyl sites for hydroxylation is 2. The van der Waals surface area contributed by atoms with Gasteiger partial charge in [-0.15, -0.1) is 0 Å². The van der Waals surface area contributed by atoms with E-state index in [1.165, 1.54) is 23.3 Å². The van der Waals surface area contributed by atoms with Crippen molar-refractivity contribution >= 4 is 0 Å². The van der Waals surface area contributed by atoms with Crippen molar-refractivity contribution in [2.24, 2.45) is 5.84 Å². The maximum absolute atomic E-state index is 13.0. The van der Waals surface area contributed by atoms with Crippen LogP contribution < -0.4 is 11.3 Å². The van der Waals surface area contributed by atoms with E-state index in [4.69, 9.17) is 5.84 Å². The van der Waals surface area contributed by atoms with Gasteiger partial charge in [-0.1, -0.05) is 30.3 Å². The van der Waals surface area contributed by atoms with Crippen LogP contribution in [-0.4, -0.2) is 0 Å². The van der Waals surface area contributed by atoms with Gasteiger partial charge in [0, 0.05) is 0 Å². The van der Waals surface area contributed by atoms with E-state index in [-0.39, 0.29) is 11.9 Å². The van der Waals surface area contributed by atoms with E-state index in [0.717, 1.165) is 11.1 Å². The maximum atomic E-state index is 13.0. The Hall–Kier alpha value is -1.71. The van der Waals surface area contributed by atoms with Crippen molar-refractivity contribution in [1.82, 2.24) is 5.43 Å². The molecule has 0 bridgehead atoms. The summed E-state index contributed by atoms with van der Waals surface area (Å²) < 4.78 is 13.0. The molecule has 0 aliphatic carbocycles. The van der Waals surface area contributed by atoms with E-state index in [9.17, 15) is 4.39 Å². The molecule has 0 fully saturated rings. The largest absolute Gasteiger partial charge is 0.271 e. The molecule has 0 saturated carbocycles. The number of halogens is 1. The van der Waals surface area contributed by atoms with Crippen LogP contribution in [0.3, 0.4) is 0 Å². The summed E-state index contributed by atoms with van der Waals surface area (Å²) in [6, 6.07) is 12.4. The van der Waals surface area contributed by atoms with Crippen LogP contribution in [0.2, 0.25) is 0 Å². The summed E-state index contributed by atoms with van der Waals surface area (Å²) in [5.41, 5.74) is 7.25. The molecule has 0 heterocycles. The third-order valence-corrected chi connectivity index (χ3v) is 3.20. The molecular weight excluding hydrogens is 227 g/mol. The summed E-state index contributed by atoms with van der Waals surface area (Å²) in [5, 5.41) is 0. The molecule has 1 atom stereocenters. The lowest BCUT2D eigenvalue weighted by molar-refractivity contribution is 0.613. The Kier molecular flexibility index (Phi) is 3.75. The third kappa shape index (κ3) is 2.42. The number of hydrogen-bond donors (Lipinski definition) is 2. The van der Waals surface area contributed by atoms with Crippen LogP contribution in [0.5, 0.6) is 0 Å². The van der Waals surface area contributed by atoms with E-state index in [0.29, 0.717) is 0 Å². The minimum atomic E-state index is -0.240. The smallest absolute Gasteiger partial charge is 0.123 e. The van der Waals surface area contributed by atoms with Gasteiger partial charge >= 0.3 is 0 Å². The Morgan fingerprint density at radius 1 is 1.00 bits per heavy atom. The molecule has 0 aliphatic heterocycles. The van der Waals surface area contributed by atoms with Gasteiger partial charge in [-0.25, -0.2) is 9.82 Å². The normalized spacial score (nSPS) is 12.4. The number of nitrogens with two attached hydrogens (primary N) is 1. The lowest BCUT2D eigenvalue weighted by Gasteiger charge is -2.21. The number of hydrazine groups is 1. The lowest BCUT2D eigenvalue weighted by atomic mass is 9.92. The van der Waals surface area contributed by atoms with Gasteiger partial charge in [0.15, 0.2) is 0 Å². The van der Waals surface area contributed by atoms with Crippen LogP contribution in [0, 0.1) is 19.7 Å². The highest BCUT2D eigenvalue weighted by Crippen LogP contribution is 2.27. The Balaban J connectivity index is 2.48. The van der Waals surface area contributed by atoms with Crippen molar-refractivity contribution in [2.75, 3.05) is 0 Å². The van der Waals surface area contributed by atoms with Crippen molar-refractivity contribution in [3.8, 4) is 0 Å². The maximum Gasteiger partial charge on any atom is 0.123 e. The van der Waals surface area contributed by atoms with Crippen molar-refractivity contribution < 1.29 is 4.39 Å². The zero-order chi connectivity index (χ0) is 13.1. The molecule has 0 aromatic heterocycles. The monoisotopic (exact) mass is 244 g/mol. The van der Waals surface area contributed by atoms with Gasteiger partial charge in [-0.2, -0.15) is 0 Å². The molecule has 3 N–H and O–H groups in total. The van der Waals surface area contributed by atoms with Gasteiger partial charge in [0.25, 0.3) is 0 Å². The number of hydrogen-bond acceptors (Lipinski definition) is 2. The van der Waals surface area contributed by atoms with Gasteiger partial charge < -0.3 is 0 Å².